The van der Waals surface area contributed by atoms with Gasteiger partial charge in [0.2, 0.25) is 0 Å². The number of aromatic nitrogens is 1. The fourth-order valence-corrected chi connectivity index (χ4v) is 2.30. The number of hydrogen-bond donors (Lipinski definition) is 1. The number of carbonyl (C=O) groups excluding carboxylic acids is 1. The van der Waals surface area contributed by atoms with Crippen molar-refractivity contribution in [3.05, 3.63) is 65.6 Å². The zero-order chi connectivity index (χ0) is 16.2. The Bertz CT molecular complexity index is 827. The van der Waals surface area contributed by atoms with Gasteiger partial charge >= 0.3 is 5.97 Å². The van der Waals surface area contributed by atoms with Gasteiger partial charge in [0.15, 0.2) is 11.6 Å². The van der Waals surface area contributed by atoms with Crippen LogP contribution in [0.4, 0.5) is 4.39 Å². The van der Waals surface area contributed by atoms with Gasteiger partial charge in [-0.1, -0.05) is 30.3 Å². The minimum absolute atomic E-state index is 0.138. The Kier molecular flexibility index (Phi) is 4.28. The summed E-state index contributed by atoms with van der Waals surface area (Å²) in [7, 11) is 0. The van der Waals surface area contributed by atoms with Crippen molar-refractivity contribution in [1.82, 2.24) is 4.98 Å². The van der Waals surface area contributed by atoms with Crippen LogP contribution >= 0.6 is 0 Å². The molecule has 0 fully saturated rings. The molecule has 0 saturated heterocycles. The third kappa shape index (κ3) is 3.34. The maximum absolute atomic E-state index is 14.1. The van der Waals surface area contributed by atoms with Crippen LogP contribution in [0.3, 0.4) is 0 Å². The molecule has 5 heteroatoms. The Hall–Kier alpha value is -2.82. The molecule has 0 saturated carbocycles. The van der Waals surface area contributed by atoms with E-state index in [4.69, 9.17) is 9.47 Å². The van der Waals surface area contributed by atoms with Crippen LogP contribution in [0.15, 0.2) is 48.5 Å². The van der Waals surface area contributed by atoms with E-state index in [1.807, 2.05) is 30.3 Å². The van der Waals surface area contributed by atoms with Gasteiger partial charge in [0.25, 0.3) is 0 Å². The molecule has 2 aromatic carbocycles. The van der Waals surface area contributed by atoms with Gasteiger partial charge in [-0.3, -0.25) is 0 Å². The van der Waals surface area contributed by atoms with Crippen molar-refractivity contribution in [2.24, 2.45) is 0 Å². The van der Waals surface area contributed by atoms with Crippen LogP contribution < -0.4 is 4.74 Å². The maximum Gasteiger partial charge on any atom is 0.354 e. The molecule has 3 rings (SSSR count). The van der Waals surface area contributed by atoms with Crippen LogP contribution in [-0.4, -0.2) is 17.6 Å². The van der Waals surface area contributed by atoms with E-state index in [0.717, 1.165) is 5.56 Å². The standard InChI is InChI=1S/C18H16FNO3/c1-2-22-18(21)16-9-13-8-14(19)17(10-15(13)20-16)23-11-12-6-4-3-5-7-12/h3-10,20H,2,11H2,1H3. The first-order chi connectivity index (χ1) is 11.2. The lowest BCUT2D eigenvalue weighted by Crippen LogP contribution is -2.04. The zero-order valence-electron chi connectivity index (χ0n) is 12.6. The molecule has 0 aliphatic rings. The highest BCUT2D eigenvalue weighted by atomic mass is 19.1. The molecular formula is C18H16FNO3. The number of rotatable bonds is 5. The summed E-state index contributed by atoms with van der Waals surface area (Å²) in [5.41, 5.74) is 1.87. The van der Waals surface area contributed by atoms with Gasteiger partial charge in [0.1, 0.15) is 12.3 Å². The molecule has 0 atom stereocenters. The van der Waals surface area contributed by atoms with Gasteiger partial charge in [-0.25, -0.2) is 9.18 Å². The van der Waals surface area contributed by atoms with E-state index >= 15 is 0 Å². The van der Waals surface area contributed by atoms with Crippen LogP contribution in [0.5, 0.6) is 5.75 Å². The lowest BCUT2D eigenvalue weighted by Gasteiger charge is -2.07. The molecule has 4 nitrogen and oxygen atoms in total. The van der Waals surface area contributed by atoms with Gasteiger partial charge in [0, 0.05) is 17.0 Å². The normalized spacial score (nSPS) is 10.7. The number of carbonyl (C=O) groups is 1. The molecule has 0 unspecified atom stereocenters. The first-order valence-electron chi connectivity index (χ1n) is 7.33. The topological polar surface area (TPSA) is 51.3 Å². The molecule has 0 aliphatic heterocycles. The van der Waals surface area contributed by atoms with E-state index in [0.29, 0.717) is 16.6 Å². The first-order valence-corrected chi connectivity index (χ1v) is 7.33. The Morgan fingerprint density at radius 2 is 1.96 bits per heavy atom. The van der Waals surface area contributed by atoms with Crippen molar-refractivity contribution in [2.75, 3.05) is 6.61 Å². The largest absolute Gasteiger partial charge is 0.486 e. The molecule has 1 heterocycles. The van der Waals surface area contributed by atoms with Crippen molar-refractivity contribution in [3.63, 3.8) is 0 Å². The molecule has 0 spiro atoms. The molecule has 1 N–H and O–H groups in total. The minimum Gasteiger partial charge on any atom is -0.486 e. The van der Waals surface area contributed by atoms with Gasteiger partial charge in [-0.15, -0.1) is 0 Å². The lowest BCUT2D eigenvalue weighted by molar-refractivity contribution is 0.0520. The second-order valence-electron chi connectivity index (χ2n) is 5.05. The van der Waals surface area contributed by atoms with Gasteiger partial charge in [0.05, 0.1) is 6.61 Å². The van der Waals surface area contributed by atoms with E-state index in [2.05, 4.69) is 4.98 Å². The van der Waals surface area contributed by atoms with Crippen LogP contribution in [0.1, 0.15) is 23.0 Å². The third-order valence-electron chi connectivity index (χ3n) is 3.41. The number of fused-ring (bicyclic) bond motifs is 1. The second-order valence-corrected chi connectivity index (χ2v) is 5.05. The Labute approximate surface area is 132 Å². The molecule has 23 heavy (non-hydrogen) atoms. The summed E-state index contributed by atoms with van der Waals surface area (Å²) in [6, 6.07) is 14.0. The summed E-state index contributed by atoms with van der Waals surface area (Å²) < 4.78 is 24.6. The molecule has 118 valence electrons. The van der Waals surface area contributed by atoms with Gasteiger partial charge in [-0.2, -0.15) is 0 Å². The Morgan fingerprint density at radius 1 is 1.17 bits per heavy atom. The first kappa shape index (κ1) is 15.1. The van der Waals surface area contributed by atoms with E-state index < -0.39 is 11.8 Å². The van der Waals surface area contributed by atoms with Crippen LogP contribution in [0.25, 0.3) is 10.9 Å². The van der Waals surface area contributed by atoms with Crippen molar-refractivity contribution < 1.29 is 18.7 Å². The minimum atomic E-state index is -0.470. The quantitative estimate of drug-likeness (QED) is 0.723. The van der Waals surface area contributed by atoms with E-state index in [-0.39, 0.29) is 19.0 Å². The van der Waals surface area contributed by atoms with Crippen LogP contribution in [0, 0.1) is 5.82 Å². The number of aromatic amines is 1. The van der Waals surface area contributed by atoms with Crippen molar-refractivity contribution >= 4 is 16.9 Å². The maximum atomic E-state index is 14.1. The average molecular weight is 313 g/mol. The summed E-state index contributed by atoms with van der Waals surface area (Å²) in [5.74, 6) is -0.794. The van der Waals surface area contributed by atoms with Crippen molar-refractivity contribution in [2.45, 2.75) is 13.5 Å². The summed E-state index contributed by atoms with van der Waals surface area (Å²) in [4.78, 5) is 14.6. The van der Waals surface area contributed by atoms with Crippen LogP contribution in [-0.2, 0) is 11.3 Å². The number of benzene rings is 2. The predicted molar refractivity (Wildman–Crippen MR) is 85.0 cm³/mol. The van der Waals surface area contributed by atoms with E-state index in [9.17, 15) is 9.18 Å². The zero-order valence-corrected chi connectivity index (χ0v) is 12.6. The molecule has 1 aromatic heterocycles. The molecule has 0 radical (unpaired) electrons. The second kappa shape index (κ2) is 6.52. The van der Waals surface area contributed by atoms with Crippen LogP contribution in [0.2, 0.25) is 0 Å². The molecule has 0 bridgehead atoms. The predicted octanol–water partition coefficient (Wildman–Crippen LogP) is 4.06. The molecular weight excluding hydrogens is 297 g/mol. The summed E-state index contributed by atoms with van der Waals surface area (Å²) in [6.07, 6.45) is 0. The third-order valence-corrected chi connectivity index (χ3v) is 3.41. The summed E-state index contributed by atoms with van der Waals surface area (Å²) in [5, 5.41) is 0.595. The average Bonchev–Trinajstić information content (AvgIpc) is 2.96. The van der Waals surface area contributed by atoms with E-state index in [1.165, 1.54) is 6.07 Å². The number of halogens is 1. The highest BCUT2D eigenvalue weighted by Gasteiger charge is 2.13. The number of ether oxygens (including phenoxy) is 2. The highest BCUT2D eigenvalue weighted by molar-refractivity contribution is 5.95. The number of nitrogens with one attached hydrogen (secondary N) is 1. The molecule has 0 amide bonds. The number of hydrogen-bond acceptors (Lipinski definition) is 3. The number of esters is 1. The number of H-pyrrole nitrogens is 1. The highest BCUT2D eigenvalue weighted by Crippen LogP contribution is 2.26. The van der Waals surface area contributed by atoms with E-state index in [1.54, 1.807) is 19.1 Å². The Morgan fingerprint density at radius 3 is 2.70 bits per heavy atom. The van der Waals surface area contributed by atoms with Gasteiger partial charge < -0.3 is 14.5 Å². The monoisotopic (exact) mass is 313 g/mol. The SMILES string of the molecule is CCOC(=O)c1cc2cc(F)c(OCc3ccccc3)cc2[nH]1. The molecule has 3 aromatic rings. The summed E-state index contributed by atoms with van der Waals surface area (Å²) in [6.45, 7) is 2.29. The smallest absolute Gasteiger partial charge is 0.354 e. The Balaban J connectivity index is 1.84. The van der Waals surface area contributed by atoms with Crippen molar-refractivity contribution in [3.8, 4) is 5.75 Å². The van der Waals surface area contributed by atoms with Gasteiger partial charge in [-0.05, 0) is 24.6 Å². The fraction of sp³-hybridized carbons (Fsp3) is 0.167. The molecule has 0 aliphatic carbocycles. The summed E-state index contributed by atoms with van der Waals surface area (Å²) >= 11 is 0. The fourth-order valence-electron chi connectivity index (χ4n) is 2.30. The van der Waals surface area contributed by atoms with Crippen molar-refractivity contribution in [1.29, 1.82) is 0 Å². The lowest BCUT2D eigenvalue weighted by atomic mass is 10.2.